The van der Waals surface area contributed by atoms with E-state index in [0.29, 0.717) is 0 Å². The van der Waals surface area contributed by atoms with Crippen LogP contribution in [-0.2, 0) is 0 Å². The molecule has 0 unspecified atom stereocenters. The molecule has 1 heterocycles. The molecule has 2 aromatic rings. The van der Waals surface area contributed by atoms with Crippen molar-refractivity contribution in [1.29, 1.82) is 0 Å². The van der Waals surface area contributed by atoms with Crippen LogP contribution in [0.15, 0.2) is 36.7 Å². The highest BCUT2D eigenvalue weighted by atomic mass is 19.1. The lowest BCUT2D eigenvalue weighted by molar-refractivity contribution is 0.0698. The maximum Gasteiger partial charge on any atom is 0.337 e. The summed E-state index contributed by atoms with van der Waals surface area (Å²) in [7, 11) is 0. The number of amides is 1. The number of aromatic nitrogens is 1. The van der Waals surface area contributed by atoms with Gasteiger partial charge in [0.15, 0.2) is 0 Å². The van der Waals surface area contributed by atoms with Crippen LogP contribution < -0.4 is 5.32 Å². The van der Waals surface area contributed by atoms with Gasteiger partial charge in [-0.05, 0) is 24.3 Å². The molecule has 1 aromatic carbocycles. The van der Waals surface area contributed by atoms with Crippen molar-refractivity contribution in [3.63, 3.8) is 0 Å². The number of benzene rings is 1. The number of carboxylic acid groups (broad SMARTS) is 1. The number of anilines is 1. The number of hydrogen-bond acceptors (Lipinski definition) is 4. The summed E-state index contributed by atoms with van der Waals surface area (Å²) in [5.41, 5.74) is -0.399. The smallest absolute Gasteiger partial charge is 0.337 e. The molecule has 20 heavy (non-hydrogen) atoms. The van der Waals surface area contributed by atoms with Gasteiger partial charge in [0, 0.05) is 6.20 Å². The van der Waals surface area contributed by atoms with Crippen molar-refractivity contribution >= 4 is 17.6 Å². The molecule has 0 saturated heterocycles. The zero-order valence-corrected chi connectivity index (χ0v) is 10.0. The molecule has 0 aliphatic rings. The van der Waals surface area contributed by atoms with Crippen LogP contribution in [0.4, 0.5) is 10.1 Å². The molecule has 0 bridgehead atoms. The zero-order chi connectivity index (χ0) is 14.7. The molecule has 0 atom stereocenters. The Bertz CT molecular complexity index is 688. The van der Waals surface area contributed by atoms with Crippen LogP contribution in [0.2, 0.25) is 0 Å². The molecular formula is C13H9FN2O4. The highest BCUT2D eigenvalue weighted by molar-refractivity contribution is 6.07. The molecule has 1 aromatic heterocycles. The predicted molar refractivity (Wildman–Crippen MR) is 67.2 cm³/mol. The third kappa shape index (κ3) is 2.89. The Balaban J connectivity index is 2.32. The van der Waals surface area contributed by atoms with E-state index >= 15 is 0 Å². The molecule has 102 valence electrons. The molecule has 0 spiro atoms. The summed E-state index contributed by atoms with van der Waals surface area (Å²) < 4.78 is 13.1. The predicted octanol–water partition coefficient (Wildman–Crippen LogP) is 1.88. The lowest BCUT2D eigenvalue weighted by Crippen LogP contribution is -2.15. The fourth-order valence-corrected chi connectivity index (χ4v) is 1.55. The Hall–Kier alpha value is -2.96. The standard InChI is InChI=1S/C13H9FN2O4/c14-8-1-2-10(13(19)20)11(4-8)16-12(18)7-3-9(17)6-15-5-7/h1-6,17H,(H,16,18)(H,19,20). The van der Waals surface area contributed by atoms with Gasteiger partial charge in [-0.2, -0.15) is 0 Å². The second-order valence-corrected chi connectivity index (χ2v) is 3.88. The first kappa shape index (κ1) is 13.5. The van der Waals surface area contributed by atoms with Crippen molar-refractivity contribution in [3.05, 3.63) is 53.6 Å². The lowest BCUT2D eigenvalue weighted by Gasteiger charge is -2.08. The van der Waals surface area contributed by atoms with Gasteiger partial charge >= 0.3 is 5.97 Å². The van der Waals surface area contributed by atoms with Crippen molar-refractivity contribution in [2.75, 3.05) is 5.32 Å². The SMILES string of the molecule is O=C(Nc1cc(F)ccc1C(=O)O)c1cncc(O)c1. The number of hydrogen-bond donors (Lipinski definition) is 3. The van der Waals surface area contributed by atoms with Gasteiger partial charge in [-0.1, -0.05) is 0 Å². The molecule has 6 nitrogen and oxygen atoms in total. The molecule has 3 N–H and O–H groups in total. The molecule has 2 rings (SSSR count). The molecule has 0 saturated carbocycles. The van der Waals surface area contributed by atoms with Gasteiger partial charge in [0.25, 0.3) is 5.91 Å². The first-order chi connectivity index (χ1) is 9.47. The summed E-state index contributed by atoms with van der Waals surface area (Å²) in [6, 6.07) is 4.09. The second-order valence-electron chi connectivity index (χ2n) is 3.88. The molecule has 0 aliphatic heterocycles. The van der Waals surface area contributed by atoms with E-state index in [0.717, 1.165) is 30.5 Å². The lowest BCUT2D eigenvalue weighted by atomic mass is 10.1. The summed E-state index contributed by atoms with van der Waals surface area (Å²) in [5, 5.41) is 20.4. The Morgan fingerprint density at radius 2 is 1.95 bits per heavy atom. The largest absolute Gasteiger partial charge is 0.506 e. The summed E-state index contributed by atoms with van der Waals surface area (Å²) in [6.07, 6.45) is 2.33. The van der Waals surface area contributed by atoms with Gasteiger partial charge in [0.2, 0.25) is 0 Å². The molecule has 0 radical (unpaired) electrons. The third-order valence-electron chi connectivity index (χ3n) is 2.45. The number of rotatable bonds is 3. The summed E-state index contributed by atoms with van der Waals surface area (Å²) >= 11 is 0. The summed E-state index contributed by atoms with van der Waals surface area (Å²) in [6.45, 7) is 0. The number of pyridine rings is 1. The number of aromatic carboxylic acids is 1. The number of carbonyl (C=O) groups is 2. The molecule has 0 fully saturated rings. The van der Waals surface area contributed by atoms with Gasteiger partial charge in [-0.25, -0.2) is 9.18 Å². The minimum Gasteiger partial charge on any atom is -0.506 e. The number of aromatic hydroxyl groups is 1. The number of halogens is 1. The first-order valence-corrected chi connectivity index (χ1v) is 5.45. The van der Waals surface area contributed by atoms with Crippen LogP contribution in [0.1, 0.15) is 20.7 Å². The number of carbonyl (C=O) groups excluding carboxylic acids is 1. The van der Waals surface area contributed by atoms with E-state index < -0.39 is 17.7 Å². The zero-order valence-electron chi connectivity index (χ0n) is 10.0. The van der Waals surface area contributed by atoms with Crippen LogP contribution in [0.3, 0.4) is 0 Å². The fraction of sp³-hybridized carbons (Fsp3) is 0. The minimum absolute atomic E-state index is 0.0191. The Kier molecular flexibility index (Phi) is 3.60. The van der Waals surface area contributed by atoms with E-state index in [-0.39, 0.29) is 22.6 Å². The number of carboxylic acids is 1. The van der Waals surface area contributed by atoms with Crippen molar-refractivity contribution in [1.82, 2.24) is 4.98 Å². The van der Waals surface area contributed by atoms with Crippen LogP contribution in [-0.4, -0.2) is 27.1 Å². The van der Waals surface area contributed by atoms with E-state index in [4.69, 9.17) is 5.11 Å². The fourth-order valence-electron chi connectivity index (χ4n) is 1.55. The molecule has 7 heteroatoms. The second kappa shape index (κ2) is 5.35. The normalized spacial score (nSPS) is 10.1. The van der Waals surface area contributed by atoms with Gasteiger partial charge in [-0.15, -0.1) is 0 Å². The van der Waals surface area contributed by atoms with E-state index in [9.17, 15) is 19.1 Å². The van der Waals surface area contributed by atoms with E-state index in [1.54, 1.807) is 0 Å². The van der Waals surface area contributed by atoms with Gasteiger partial charge < -0.3 is 15.5 Å². The van der Waals surface area contributed by atoms with Crippen LogP contribution in [0.5, 0.6) is 5.75 Å². The van der Waals surface area contributed by atoms with E-state index in [2.05, 4.69) is 10.3 Å². The average Bonchev–Trinajstić information content (AvgIpc) is 2.38. The quantitative estimate of drug-likeness (QED) is 0.794. The Morgan fingerprint density at radius 1 is 1.20 bits per heavy atom. The Labute approximate surface area is 112 Å². The highest BCUT2D eigenvalue weighted by Crippen LogP contribution is 2.19. The van der Waals surface area contributed by atoms with Gasteiger partial charge in [-0.3, -0.25) is 9.78 Å². The van der Waals surface area contributed by atoms with Crippen LogP contribution in [0, 0.1) is 5.82 Å². The van der Waals surface area contributed by atoms with Crippen molar-refractivity contribution in [3.8, 4) is 5.75 Å². The summed E-state index contributed by atoms with van der Waals surface area (Å²) in [5.74, 6) is -2.90. The van der Waals surface area contributed by atoms with Crippen LogP contribution >= 0.6 is 0 Å². The Morgan fingerprint density at radius 3 is 2.60 bits per heavy atom. The molecular weight excluding hydrogens is 267 g/mol. The molecule has 1 amide bonds. The van der Waals surface area contributed by atoms with Crippen molar-refractivity contribution < 1.29 is 24.2 Å². The highest BCUT2D eigenvalue weighted by Gasteiger charge is 2.15. The maximum absolute atomic E-state index is 13.1. The topological polar surface area (TPSA) is 99.5 Å². The average molecular weight is 276 g/mol. The number of nitrogens with zero attached hydrogens (tertiary/aromatic N) is 1. The van der Waals surface area contributed by atoms with Crippen molar-refractivity contribution in [2.24, 2.45) is 0 Å². The first-order valence-electron chi connectivity index (χ1n) is 5.45. The monoisotopic (exact) mass is 276 g/mol. The number of nitrogens with one attached hydrogen (secondary N) is 1. The van der Waals surface area contributed by atoms with Crippen LogP contribution in [0.25, 0.3) is 0 Å². The van der Waals surface area contributed by atoms with Gasteiger partial charge in [0.1, 0.15) is 11.6 Å². The maximum atomic E-state index is 13.1. The van der Waals surface area contributed by atoms with E-state index in [1.807, 2.05) is 0 Å². The minimum atomic E-state index is -1.30. The molecule has 0 aliphatic carbocycles. The summed E-state index contributed by atoms with van der Waals surface area (Å²) in [4.78, 5) is 26.5. The van der Waals surface area contributed by atoms with Gasteiger partial charge in [0.05, 0.1) is 23.0 Å². The van der Waals surface area contributed by atoms with E-state index in [1.165, 1.54) is 6.20 Å². The van der Waals surface area contributed by atoms with Crippen molar-refractivity contribution in [2.45, 2.75) is 0 Å². The third-order valence-corrected chi connectivity index (χ3v) is 2.45.